The van der Waals surface area contributed by atoms with Crippen molar-refractivity contribution >= 4 is 15.9 Å². The van der Waals surface area contributed by atoms with Gasteiger partial charge in [0.2, 0.25) is 0 Å². The topological polar surface area (TPSA) is 12.0 Å². The van der Waals surface area contributed by atoms with Gasteiger partial charge in [-0.05, 0) is 48.9 Å². The Balaban J connectivity index is 2.49. The number of rotatable bonds is 5. The van der Waals surface area contributed by atoms with Crippen LogP contribution in [0.25, 0.3) is 0 Å². The Kier molecular flexibility index (Phi) is 5.42. The van der Waals surface area contributed by atoms with Crippen molar-refractivity contribution in [2.75, 3.05) is 6.54 Å². The third kappa shape index (κ3) is 3.86. The molecule has 0 spiro atoms. The lowest BCUT2D eigenvalue weighted by Crippen LogP contribution is -2.24. The minimum absolute atomic E-state index is 0.204. The van der Waals surface area contributed by atoms with Crippen molar-refractivity contribution in [3.8, 4) is 0 Å². The van der Waals surface area contributed by atoms with Crippen molar-refractivity contribution in [1.29, 1.82) is 0 Å². The molecule has 0 fully saturated rings. The molecule has 0 heterocycles. The molecule has 0 saturated heterocycles. The first-order valence-electron chi connectivity index (χ1n) is 6.66. The van der Waals surface area contributed by atoms with Crippen LogP contribution in [0.2, 0.25) is 0 Å². The third-order valence-electron chi connectivity index (χ3n) is 3.14. The second kappa shape index (κ2) is 7.09. The first-order valence-corrected chi connectivity index (χ1v) is 7.45. The van der Waals surface area contributed by atoms with E-state index in [0.29, 0.717) is 16.6 Å². The average molecular weight is 358 g/mol. The molecule has 1 unspecified atom stereocenters. The van der Waals surface area contributed by atoms with Gasteiger partial charge in [0.05, 0.1) is 6.04 Å². The quantitative estimate of drug-likeness (QED) is 0.797. The highest BCUT2D eigenvalue weighted by Gasteiger charge is 2.20. The first kappa shape index (κ1) is 16.0. The Bertz CT molecular complexity index is 631. The van der Waals surface area contributed by atoms with Gasteiger partial charge in [-0.2, -0.15) is 0 Å². The number of hydrogen-bond acceptors (Lipinski definition) is 1. The van der Waals surface area contributed by atoms with Gasteiger partial charge < -0.3 is 5.32 Å². The number of nitrogens with one attached hydrogen (secondary N) is 1. The van der Waals surface area contributed by atoms with Crippen LogP contribution >= 0.6 is 15.9 Å². The van der Waals surface area contributed by atoms with E-state index in [9.17, 15) is 13.2 Å². The molecule has 2 aromatic rings. The van der Waals surface area contributed by atoms with Crippen LogP contribution in [0.4, 0.5) is 13.2 Å². The molecule has 0 aliphatic rings. The molecule has 0 aliphatic carbocycles. The van der Waals surface area contributed by atoms with E-state index in [4.69, 9.17) is 0 Å². The van der Waals surface area contributed by atoms with E-state index in [0.717, 1.165) is 18.6 Å². The maximum Gasteiger partial charge on any atom is 0.128 e. The second-order valence-electron chi connectivity index (χ2n) is 4.72. The highest BCUT2D eigenvalue weighted by molar-refractivity contribution is 9.10. The van der Waals surface area contributed by atoms with Gasteiger partial charge in [0.15, 0.2) is 0 Å². The molecular weight excluding hydrogens is 343 g/mol. The number of halogens is 4. The zero-order valence-electron chi connectivity index (χ0n) is 11.5. The van der Waals surface area contributed by atoms with Crippen LogP contribution in [0, 0.1) is 17.5 Å². The lowest BCUT2D eigenvalue weighted by molar-refractivity contribution is 0.533. The van der Waals surface area contributed by atoms with Gasteiger partial charge in [0.25, 0.3) is 0 Å². The van der Waals surface area contributed by atoms with Crippen molar-refractivity contribution in [3.63, 3.8) is 0 Å². The predicted molar refractivity (Wildman–Crippen MR) is 80.6 cm³/mol. The van der Waals surface area contributed by atoms with E-state index in [1.807, 2.05) is 6.92 Å². The summed E-state index contributed by atoms with van der Waals surface area (Å²) in [5.74, 6) is -1.39. The van der Waals surface area contributed by atoms with Crippen LogP contribution in [0.5, 0.6) is 0 Å². The number of hydrogen-bond donors (Lipinski definition) is 1. The zero-order chi connectivity index (χ0) is 15.4. The van der Waals surface area contributed by atoms with Crippen molar-refractivity contribution < 1.29 is 13.2 Å². The number of benzene rings is 2. The fourth-order valence-electron chi connectivity index (χ4n) is 2.15. The molecule has 21 heavy (non-hydrogen) atoms. The summed E-state index contributed by atoms with van der Waals surface area (Å²) in [4.78, 5) is 0. The minimum atomic E-state index is -0.546. The molecule has 0 bridgehead atoms. The molecule has 0 radical (unpaired) electrons. The summed E-state index contributed by atoms with van der Waals surface area (Å²) in [6.45, 7) is 2.61. The maximum atomic E-state index is 14.0. The van der Waals surface area contributed by atoms with Gasteiger partial charge in [-0.1, -0.05) is 28.9 Å². The monoisotopic (exact) mass is 357 g/mol. The molecule has 112 valence electrons. The van der Waals surface area contributed by atoms with Gasteiger partial charge in [-0.15, -0.1) is 0 Å². The van der Waals surface area contributed by atoms with Gasteiger partial charge in [0.1, 0.15) is 17.5 Å². The fourth-order valence-corrected chi connectivity index (χ4v) is 2.73. The second-order valence-corrected chi connectivity index (χ2v) is 5.57. The summed E-state index contributed by atoms with van der Waals surface area (Å²) >= 11 is 3.28. The third-order valence-corrected chi connectivity index (χ3v) is 3.83. The van der Waals surface area contributed by atoms with Crippen LogP contribution in [0.15, 0.2) is 40.9 Å². The fraction of sp³-hybridized carbons (Fsp3) is 0.250. The lowest BCUT2D eigenvalue weighted by atomic mass is 9.97. The molecule has 0 aliphatic heterocycles. The van der Waals surface area contributed by atoms with Crippen molar-refractivity contribution in [2.45, 2.75) is 19.4 Å². The van der Waals surface area contributed by atoms with Crippen LogP contribution in [0.1, 0.15) is 30.5 Å². The van der Waals surface area contributed by atoms with Crippen LogP contribution in [0.3, 0.4) is 0 Å². The van der Waals surface area contributed by atoms with E-state index in [1.54, 1.807) is 6.07 Å². The van der Waals surface area contributed by atoms with Gasteiger partial charge in [0, 0.05) is 10.0 Å². The summed E-state index contributed by atoms with van der Waals surface area (Å²) in [7, 11) is 0. The van der Waals surface area contributed by atoms with E-state index < -0.39 is 17.7 Å². The van der Waals surface area contributed by atoms with Crippen LogP contribution in [-0.4, -0.2) is 6.54 Å². The highest BCUT2D eigenvalue weighted by atomic mass is 79.9. The van der Waals surface area contributed by atoms with Gasteiger partial charge in [-0.25, -0.2) is 13.2 Å². The molecule has 0 saturated carbocycles. The molecule has 2 aromatic carbocycles. The Morgan fingerprint density at radius 3 is 2.33 bits per heavy atom. The molecule has 1 atom stereocenters. The molecule has 1 nitrogen and oxygen atoms in total. The lowest BCUT2D eigenvalue weighted by Gasteiger charge is -2.21. The Labute approximate surface area is 130 Å². The SMILES string of the molecule is CCCNC(c1cc(F)ccc1F)c1ccc(F)cc1Br. The first-order chi connectivity index (χ1) is 10.0. The molecule has 1 N–H and O–H groups in total. The Morgan fingerprint density at radius 2 is 1.67 bits per heavy atom. The zero-order valence-corrected chi connectivity index (χ0v) is 13.1. The average Bonchev–Trinajstić information content (AvgIpc) is 2.44. The summed E-state index contributed by atoms with van der Waals surface area (Å²) in [5, 5.41) is 3.17. The van der Waals surface area contributed by atoms with Crippen molar-refractivity contribution in [3.05, 3.63) is 69.4 Å². The van der Waals surface area contributed by atoms with Crippen molar-refractivity contribution in [2.24, 2.45) is 0 Å². The summed E-state index contributed by atoms with van der Waals surface area (Å²) in [5.41, 5.74) is 0.866. The van der Waals surface area contributed by atoms with Gasteiger partial charge >= 0.3 is 0 Å². The smallest absolute Gasteiger partial charge is 0.128 e. The van der Waals surface area contributed by atoms with Crippen LogP contribution < -0.4 is 5.32 Å². The normalized spacial score (nSPS) is 12.4. The largest absolute Gasteiger partial charge is 0.306 e. The Morgan fingerprint density at radius 1 is 1.00 bits per heavy atom. The predicted octanol–water partition coefficient (Wildman–Crippen LogP) is 4.96. The van der Waals surface area contributed by atoms with Gasteiger partial charge in [-0.3, -0.25) is 0 Å². The minimum Gasteiger partial charge on any atom is -0.306 e. The van der Waals surface area contributed by atoms with Crippen LogP contribution in [-0.2, 0) is 0 Å². The molecule has 2 rings (SSSR count). The summed E-state index contributed by atoms with van der Waals surface area (Å²) < 4.78 is 41.2. The van der Waals surface area contributed by atoms with E-state index in [-0.39, 0.29) is 11.4 Å². The van der Waals surface area contributed by atoms with E-state index in [2.05, 4.69) is 21.2 Å². The van der Waals surface area contributed by atoms with Crippen molar-refractivity contribution in [1.82, 2.24) is 5.32 Å². The molecule has 0 aromatic heterocycles. The standard InChI is InChI=1S/C16H15BrF3N/c1-2-7-21-16(12-5-3-11(19)9-14(12)17)13-8-10(18)4-6-15(13)20/h3-6,8-9,16,21H,2,7H2,1H3. The summed E-state index contributed by atoms with van der Waals surface area (Å²) in [6, 6.07) is 6.98. The Hall–Kier alpha value is -1.33. The van der Waals surface area contributed by atoms with E-state index >= 15 is 0 Å². The van der Waals surface area contributed by atoms with E-state index in [1.165, 1.54) is 18.2 Å². The summed E-state index contributed by atoms with van der Waals surface area (Å²) in [6.07, 6.45) is 0.840. The molecular formula is C16H15BrF3N. The highest BCUT2D eigenvalue weighted by Crippen LogP contribution is 2.31. The molecule has 5 heteroatoms. The molecule has 0 amide bonds. The maximum absolute atomic E-state index is 14.0.